The van der Waals surface area contributed by atoms with E-state index >= 15 is 0 Å². The number of anilines is 1. The van der Waals surface area contributed by atoms with Gasteiger partial charge in [0.15, 0.2) is 5.82 Å². The van der Waals surface area contributed by atoms with Crippen LogP contribution >= 0.6 is 11.8 Å². The summed E-state index contributed by atoms with van der Waals surface area (Å²) in [6.07, 6.45) is 4.18. The fraction of sp³-hybridized carbons (Fsp3) is 0.556. The van der Waals surface area contributed by atoms with E-state index in [0.717, 1.165) is 18.5 Å². The smallest absolute Gasteiger partial charge is 0.156 e. The molecule has 0 aliphatic heterocycles. The van der Waals surface area contributed by atoms with Crippen molar-refractivity contribution in [1.82, 2.24) is 9.97 Å². The zero-order valence-corrected chi connectivity index (χ0v) is 8.84. The summed E-state index contributed by atoms with van der Waals surface area (Å²) in [7, 11) is 0. The molecule has 0 aromatic carbocycles. The van der Waals surface area contributed by atoms with Gasteiger partial charge in [-0.3, -0.25) is 0 Å². The minimum absolute atomic E-state index is 0.0489. The van der Waals surface area contributed by atoms with E-state index in [9.17, 15) is 0 Å². The van der Waals surface area contributed by atoms with Gasteiger partial charge in [-0.1, -0.05) is 0 Å². The Kier molecular flexibility index (Phi) is 2.60. The molecule has 14 heavy (non-hydrogen) atoms. The molecule has 0 bridgehead atoms. The first kappa shape index (κ1) is 9.73. The third-order valence-corrected chi connectivity index (χ3v) is 2.99. The van der Waals surface area contributed by atoms with Crippen molar-refractivity contribution in [1.29, 1.82) is 0 Å². The number of thioether (sulfide) groups is 1. The molecule has 0 spiro atoms. The van der Waals surface area contributed by atoms with Gasteiger partial charge in [-0.15, -0.1) is 11.8 Å². The predicted octanol–water partition coefficient (Wildman–Crippen LogP) is 1.15. The van der Waals surface area contributed by atoms with Crippen molar-refractivity contribution in [3.63, 3.8) is 0 Å². The van der Waals surface area contributed by atoms with Crippen molar-refractivity contribution in [3.05, 3.63) is 11.4 Å². The minimum Gasteiger partial charge on any atom is -0.390 e. The molecule has 0 saturated heterocycles. The zero-order chi connectivity index (χ0) is 10.1. The lowest BCUT2D eigenvalue weighted by molar-refractivity contribution is 0.274. The molecule has 2 rings (SSSR count). The minimum atomic E-state index is -0.0489. The standard InChI is InChI=1S/C9H13N3OS/c1-14-9-8(10)12-7(5-2-3-5)6(4-13)11-9/h5,13H,2-4H2,1H3,(H2,10,12). The van der Waals surface area contributed by atoms with Gasteiger partial charge in [0.2, 0.25) is 0 Å². The highest BCUT2D eigenvalue weighted by atomic mass is 32.2. The molecule has 0 radical (unpaired) electrons. The average molecular weight is 211 g/mol. The van der Waals surface area contributed by atoms with E-state index in [2.05, 4.69) is 9.97 Å². The van der Waals surface area contributed by atoms with Crippen LogP contribution in [0.15, 0.2) is 5.03 Å². The van der Waals surface area contributed by atoms with Gasteiger partial charge in [0.25, 0.3) is 0 Å². The van der Waals surface area contributed by atoms with E-state index in [1.807, 2.05) is 6.26 Å². The van der Waals surface area contributed by atoms with Gasteiger partial charge in [-0.2, -0.15) is 0 Å². The Bertz CT molecular complexity index is 352. The summed E-state index contributed by atoms with van der Waals surface area (Å²) in [5.41, 5.74) is 7.32. The first-order chi connectivity index (χ1) is 6.76. The van der Waals surface area contributed by atoms with Crippen LogP contribution in [0, 0.1) is 0 Å². The van der Waals surface area contributed by atoms with Crippen LogP contribution < -0.4 is 5.73 Å². The van der Waals surface area contributed by atoms with Crippen molar-refractivity contribution in [2.24, 2.45) is 0 Å². The van der Waals surface area contributed by atoms with E-state index < -0.39 is 0 Å². The monoisotopic (exact) mass is 211 g/mol. The van der Waals surface area contributed by atoms with Gasteiger partial charge in [0.1, 0.15) is 5.03 Å². The number of rotatable bonds is 3. The summed E-state index contributed by atoms with van der Waals surface area (Å²) in [4.78, 5) is 8.61. The van der Waals surface area contributed by atoms with Gasteiger partial charge in [-0.05, 0) is 19.1 Å². The maximum atomic E-state index is 9.15. The number of hydrogen-bond acceptors (Lipinski definition) is 5. The molecule has 76 valence electrons. The third-order valence-electron chi connectivity index (χ3n) is 2.30. The SMILES string of the molecule is CSc1nc(CO)c(C2CC2)nc1N. The van der Waals surface area contributed by atoms with Gasteiger partial charge in [-0.25, -0.2) is 9.97 Å². The zero-order valence-electron chi connectivity index (χ0n) is 8.03. The maximum absolute atomic E-state index is 9.15. The van der Waals surface area contributed by atoms with Crippen LogP contribution in [-0.2, 0) is 6.61 Å². The molecule has 1 aliphatic carbocycles. The predicted molar refractivity (Wildman–Crippen MR) is 56.1 cm³/mol. The molecule has 1 fully saturated rings. The highest BCUT2D eigenvalue weighted by Gasteiger charge is 2.29. The molecular formula is C9H13N3OS. The van der Waals surface area contributed by atoms with E-state index in [0.29, 0.717) is 22.5 Å². The molecule has 1 aromatic heterocycles. The van der Waals surface area contributed by atoms with E-state index in [1.54, 1.807) is 0 Å². The Balaban J connectivity index is 2.43. The van der Waals surface area contributed by atoms with Crippen LogP contribution in [0.3, 0.4) is 0 Å². The molecule has 1 aromatic rings. The van der Waals surface area contributed by atoms with Crippen LogP contribution in [0.25, 0.3) is 0 Å². The normalized spacial score (nSPS) is 15.9. The second-order valence-electron chi connectivity index (χ2n) is 3.38. The number of aliphatic hydroxyl groups is 1. The Morgan fingerprint density at radius 1 is 1.50 bits per heavy atom. The van der Waals surface area contributed by atoms with Crippen molar-refractivity contribution in [2.45, 2.75) is 30.4 Å². The molecule has 1 heterocycles. The highest BCUT2D eigenvalue weighted by Crippen LogP contribution is 2.41. The first-order valence-electron chi connectivity index (χ1n) is 4.57. The topological polar surface area (TPSA) is 72.0 Å². The Labute approximate surface area is 86.9 Å². The molecule has 3 N–H and O–H groups in total. The molecular weight excluding hydrogens is 198 g/mol. The van der Waals surface area contributed by atoms with Gasteiger partial charge in [0, 0.05) is 5.92 Å². The van der Waals surface area contributed by atoms with Crippen LogP contribution in [0.2, 0.25) is 0 Å². The summed E-state index contributed by atoms with van der Waals surface area (Å²) in [6.45, 7) is -0.0489. The average Bonchev–Trinajstić information content (AvgIpc) is 3.00. The Morgan fingerprint density at radius 2 is 2.21 bits per heavy atom. The summed E-state index contributed by atoms with van der Waals surface area (Å²) >= 11 is 1.46. The number of hydrogen-bond donors (Lipinski definition) is 2. The number of aromatic nitrogens is 2. The highest BCUT2D eigenvalue weighted by molar-refractivity contribution is 7.98. The second kappa shape index (κ2) is 3.74. The third kappa shape index (κ3) is 1.69. The van der Waals surface area contributed by atoms with E-state index in [4.69, 9.17) is 10.8 Å². The first-order valence-corrected chi connectivity index (χ1v) is 5.80. The molecule has 0 unspecified atom stereocenters. The van der Waals surface area contributed by atoms with Crippen LogP contribution in [0.5, 0.6) is 0 Å². The molecule has 5 heteroatoms. The maximum Gasteiger partial charge on any atom is 0.156 e. The molecule has 1 saturated carbocycles. The van der Waals surface area contributed by atoms with Crippen LogP contribution in [0.4, 0.5) is 5.82 Å². The lowest BCUT2D eigenvalue weighted by atomic mass is 10.2. The number of nitrogens with zero attached hydrogens (tertiary/aromatic N) is 2. The fourth-order valence-corrected chi connectivity index (χ4v) is 1.89. The molecule has 1 aliphatic rings. The lowest BCUT2D eigenvalue weighted by Crippen LogP contribution is -2.06. The summed E-state index contributed by atoms with van der Waals surface area (Å²) < 4.78 is 0. The molecule has 4 nitrogen and oxygen atoms in total. The van der Waals surface area contributed by atoms with Gasteiger partial charge < -0.3 is 10.8 Å². The summed E-state index contributed by atoms with van der Waals surface area (Å²) in [5.74, 6) is 0.958. The van der Waals surface area contributed by atoms with Crippen molar-refractivity contribution in [2.75, 3.05) is 12.0 Å². The number of nitrogen functional groups attached to an aromatic ring is 1. The van der Waals surface area contributed by atoms with Gasteiger partial charge in [0.05, 0.1) is 18.0 Å². The second-order valence-corrected chi connectivity index (χ2v) is 4.18. The summed E-state index contributed by atoms with van der Waals surface area (Å²) in [6, 6.07) is 0. The Morgan fingerprint density at radius 3 is 2.71 bits per heavy atom. The molecule has 0 amide bonds. The van der Waals surface area contributed by atoms with E-state index in [1.165, 1.54) is 11.8 Å². The number of aliphatic hydroxyl groups excluding tert-OH is 1. The largest absolute Gasteiger partial charge is 0.390 e. The fourth-order valence-electron chi connectivity index (χ4n) is 1.43. The van der Waals surface area contributed by atoms with Gasteiger partial charge >= 0.3 is 0 Å². The number of nitrogens with two attached hydrogens (primary N) is 1. The van der Waals surface area contributed by atoms with Crippen molar-refractivity contribution < 1.29 is 5.11 Å². The molecule has 0 atom stereocenters. The van der Waals surface area contributed by atoms with Crippen LogP contribution in [0.1, 0.15) is 30.1 Å². The van der Waals surface area contributed by atoms with Crippen molar-refractivity contribution >= 4 is 17.6 Å². The van der Waals surface area contributed by atoms with Crippen LogP contribution in [-0.4, -0.2) is 21.3 Å². The van der Waals surface area contributed by atoms with E-state index in [-0.39, 0.29) is 6.61 Å². The lowest BCUT2D eigenvalue weighted by Gasteiger charge is -2.08. The quantitative estimate of drug-likeness (QED) is 0.734. The van der Waals surface area contributed by atoms with Crippen molar-refractivity contribution in [3.8, 4) is 0 Å². The summed E-state index contributed by atoms with van der Waals surface area (Å²) in [5, 5.41) is 9.86. The Hall–Kier alpha value is -0.810.